The maximum absolute atomic E-state index is 12.5. The molecular formula is C19H18N6O. The van der Waals surface area contributed by atoms with Crippen LogP contribution in [0.4, 0.5) is 5.95 Å². The van der Waals surface area contributed by atoms with E-state index in [0.29, 0.717) is 24.1 Å². The first kappa shape index (κ1) is 16.0. The predicted molar refractivity (Wildman–Crippen MR) is 99.9 cm³/mol. The molecule has 26 heavy (non-hydrogen) atoms. The molecule has 0 saturated carbocycles. The van der Waals surface area contributed by atoms with Gasteiger partial charge in [0.15, 0.2) is 5.96 Å². The summed E-state index contributed by atoms with van der Waals surface area (Å²) in [6, 6.07) is 15.3. The number of aliphatic imine (C=N–C) groups is 1. The lowest BCUT2D eigenvalue weighted by Gasteiger charge is -2.30. The van der Waals surface area contributed by atoms with Gasteiger partial charge in [0.2, 0.25) is 5.95 Å². The zero-order valence-corrected chi connectivity index (χ0v) is 14.3. The Morgan fingerprint density at radius 2 is 2.04 bits per heavy atom. The largest absolute Gasteiger partial charge is 0.331 e. The van der Waals surface area contributed by atoms with Crippen molar-refractivity contribution >= 4 is 11.9 Å². The summed E-state index contributed by atoms with van der Waals surface area (Å²) in [5, 5.41) is 6.40. The normalized spacial score (nSPS) is 17.3. The third-order valence-corrected chi connectivity index (χ3v) is 4.10. The second-order valence-corrected chi connectivity index (χ2v) is 6.04. The van der Waals surface area contributed by atoms with Crippen LogP contribution in [0.3, 0.4) is 0 Å². The lowest BCUT2D eigenvalue weighted by Crippen LogP contribution is -2.48. The van der Waals surface area contributed by atoms with Gasteiger partial charge in [-0.1, -0.05) is 36.4 Å². The first-order valence-corrected chi connectivity index (χ1v) is 8.33. The number of hydrogen-bond acceptors (Lipinski definition) is 4. The smallest absolute Gasteiger partial charge is 0.257 e. The van der Waals surface area contributed by atoms with Crippen molar-refractivity contribution in [2.24, 2.45) is 4.99 Å². The fraction of sp³-hybridized carbons (Fsp3) is 0.158. The third-order valence-electron chi connectivity index (χ3n) is 4.10. The van der Waals surface area contributed by atoms with E-state index in [9.17, 15) is 4.79 Å². The summed E-state index contributed by atoms with van der Waals surface area (Å²) in [7, 11) is 0. The topological polar surface area (TPSA) is 84.2 Å². The van der Waals surface area contributed by atoms with E-state index in [4.69, 9.17) is 0 Å². The van der Waals surface area contributed by atoms with Crippen LogP contribution in [-0.2, 0) is 6.54 Å². The Hall–Kier alpha value is -3.48. The molecule has 0 spiro atoms. The van der Waals surface area contributed by atoms with Gasteiger partial charge in [0.1, 0.15) is 6.17 Å². The average molecular weight is 346 g/mol. The van der Waals surface area contributed by atoms with Crippen molar-refractivity contribution in [2.75, 3.05) is 5.32 Å². The summed E-state index contributed by atoms with van der Waals surface area (Å²) in [5.74, 6) is 1.04. The summed E-state index contributed by atoms with van der Waals surface area (Å²) in [4.78, 5) is 25.8. The van der Waals surface area contributed by atoms with Crippen molar-refractivity contribution in [3.63, 3.8) is 0 Å². The monoisotopic (exact) mass is 346 g/mol. The van der Waals surface area contributed by atoms with Crippen LogP contribution < -0.4 is 16.2 Å². The van der Waals surface area contributed by atoms with Crippen molar-refractivity contribution in [3.8, 4) is 0 Å². The second kappa shape index (κ2) is 6.79. The van der Waals surface area contributed by atoms with Crippen LogP contribution in [0.2, 0.25) is 0 Å². The van der Waals surface area contributed by atoms with Gasteiger partial charge in [-0.15, -0.1) is 0 Å². The van der Waals surface area contributed by atoms with Crippen LogP contribution >= 0.6 is 0 Å². The molecule has 4 rings (SSSR count). The molecule has 1 atom stereocenters. The SMILES string of the molecule is Cc1cc(=O)n2c(n1)NC(=NCc1ccccc1)NC2c1cccnc1. The Morgan fingerprint density at radius 3 is 2.81 bits per heavy atom. The number of benzene rings is 1. The van der Waals surface area contributed by atoms with E-state index >= 15 is 0 Å². The first-order chi connectivity index (χ1) is 12.7. The van der Waals surface area contributed by atoms with Crippen LogP contribution in [-0.4, -0.2) is 20.5 Å². The highest BCUT2D eigenvalue weighted by Crippen LogP contribution is 2.20. The van der Waals surface area contributed by atoms with E-state index in [0.717, 1.165) is 11.1 Å². The Labute approximate surface area is 150 Å². The summed E-state index contributed by atoms with van der Waals surface area (Å²) in [5.41, 5.74) is 2.48. The molecule has 1 aromatic carbocycles. The average Bonchev–Trinajstić information content (AvgIpc) is 2.67. The van der Waals surface area contributed by atoms with Crippen LogP contribution in [0.1, 0.15) is 23.0 Å². The minimum absolute atomic E-state index is 0.136. The van der Waals surface area contributed by atoms with E-state index in [2.05, 4.69) is 25.6 Å². The molecule has 130 valence electrons. The van der Waals surface area contributed by atoms with Crippen molar-refractivity contribution in [2.45, 2.75) is 19.6 Å². The van der Waals surface area contributed by atoms with Gasteiger partial charge < -0.3 is 5.32 Å². The summed E-state index contributed by atoms with van der Waals surface area (Å²) in [6.07, 6.45) is 3.01. The molecular weight excluding hydrogens is 328 g/mol. The zero-order valence-electron chi connectivity index (χ0n) is 14.3. The highest BCUT2D eigenvalue weighted by atomic mass is 16.1. The highest BCUT2D eigenvalue weighted by Gasteiger charge is 2.26. The molecule has 1 unspecified atom stereocenters. The number of hydrogen-bond donors (Lipinski definition) is 2. The molecule has 1 aliphatic heterocycles. The van der Waals surface area contributed by atoms with Crippen molar-refractivity contribution in [3.05, 3.63) is 88.1 Å². The van der Waals surface area contributed by atoms with E-state index in [1.54, 1.807) is 23.9 Å². The number of nitrogens with zero attached hydrogens (tertiary/aromatic N) is 4. The number of fused-ring (bicyclic) bond motifs is 1. The molecule has 2 N–H and O–H groups in total. The minimum atomic E-state index is -0.421. The number of rotatable bonds is 3. The first-order valence-electron chi connectivity index (χ1n) is 8.33. The lowest BCUT2D eigenvalue weighted by molar-refractivity contribution is 0.513. The number of anilines is 1. The molecule has 0 fully saturated rings. The molecule has 0 amide bonds. The molecule has 3 aromatic rings. The number of guanidine groups is 1. The number of aromatic nitrogens is 3. The van der Waals surface area contributed by atoms with Gasteiger partial charge in [0.25, 0.3) is 5.56 Å². The van der Waals surface area contributed by atoms with Crippen LogP contribution in [0, 0.1) is 6.92 Å². The Bertz CT molecular complexity index is 998. The molecule has 7 heteroatoms. The predicted octanol–water partition coefficient (Wildman–Crippen LogP) is 2.06. The molecule has 1 aliphatic rings. The highest BCUT2D eigenvalue weighted by molar-refractivity contribution is 5.93. The van der Waals surface area contributed by atoms with Crippen LogP contribution in [0.15, 0.2) is 70.7 Å². The summed E-state index contributed by atoms with van der Waals surface area (Å²) >= 11 is 0. The molecule has 3 heterocycles. The number of aryl methyl sites for hydroxylation is 1. The summed E-state index contributed by atoms with van der Waals surface area (Å²) in [6.45, 7) is 2.32. The molecule has 0 saturated heterocycles. The lowest BCUT2D eigenvalue weighted by atomic mass is 10.2. The van der Waals surface area contributed by atoms with Gasteiger partial charge in [-0.25, -0.2) is 9.98 Å². The van der Waals surface area contributed by atoms with Crippen molar-refractivity contribution in [1.29, 1.82) is 0 Å². The molecule has 7 nitrogen and oxygen atoms in total. The van der Waals surface area contributed by atoms with Gasteiger partial charge in [-0.3, -0.25) is 19.7 Å². The molecule has 0 bridgehead atoms. The quantitative estimate of drug-likeness (QED) is 0.758. The Kier molecular flexibility index (Phi) is 4.18. The standard InChI is InChI=1S/C19H18N6O/c1-13-10-16(26)25-17(15-8-5-9-20-12-15)23-18(24-19(25)22-13)21-11-14-6-3-2-4-7-14/h2-10,12,17H,11H2,1H3,(H2,21,22,23,24). The molecule has 0 aliphatic carbocycles. The van der Waals surface area contributed by atoms with Gasteiger partial charge >= 0.3 is 0 Å². The van der Waals surface area contributed by atoms with E-state index < -0.39 is 6.17 Å². The zero-order chi connectivity index (χ0) is 17.9. The van der Waals surface area contributed by atoms with E-state index in [-0.39, 0.29) is 5.56 Å². The van der Waals surface area contributed by atoms with Gasteiger partial charge in [0.05, 0.1) is 6.54 Å². The maximum Gasteiger partial charge on any atom is 0.257 e. The van der Waals surface area contributed by atoms with Gasteiger partial charge in [-0.2, -0.15) is 0 Å². The third kappa shape index (κ3) is 3.19. The van der Waals surface area contributed by atoms with Crippen LogP contribution in [0.25, 0.3) is 0 Å². The van der Waals surface area contributed by atoms with Crippen molar-refractivity contribution in [1.82, 2.24) is 19.9 Å². The Balaban J connectivity index is 1.73. The second-order valence-electron chi connectivity index (χ2n) is 6.04. The summed E-state index contributed by atoms with van der Waals surface area (Å²) < 4.78 is 1.57. The van der Waals surface area contributed by atoms with Gasteiger partial charge in [0, 0.05) is 29.7 Å². The Morgan fingerprint density at radius 1 is 1.19 bits per heavy atom. The van der Waals surface area contributed by atoms with Gasteiger partial charge in [-0.05, 0) is 18.6 Å². The fourth-order valence-corrected chi connectivity index (χ4v) is 2.89. The van der Waals surface area contributed by atoms with Crippen LogP contribution in [0.5, 0.6) is 0 Å². The maximum atomic E-state index is 12.5. The fourth-order valence-electron chi connectivity index (χ4n) is 2.89. The minimum Gasteiger partial charge on any atom is -0.331 e. The number of nitrogens with one attached hydrogen (secondary N) is 2. The van der Waals surface area contributed by atoms with Crippen molar-refractivity contribution < 1.29 is 0 Å². The van der Waals surface area contributed by atoms with E-state index in [1.165, 1.54) is 6.07 Å². The molecule has 0 radical (unpaired) electrons. The van der Waals surface area contributed by atoms with E-state index in [1.807, 2.05) is 42.5 Å². The molecule has 2 aromatic heterocycles. The number of pyridine rings is 1.